The lowest BCUT2D eigenvalue weighted by molar-refractivity contribution is 0.0604. The highest BCUT2D eigenvalue weighted by molar-refractivity contribution is 6.21. The smallest absolute Gasteiger partial charge is 0.407 e. The van der Waals surface area contributed by atoms with Gasteiger partial charge in [-0.1, -0.05) is 24.3 Å². The summed E-state index contributed by atoms with van der Waals surface area (Å²) in [6.07, 6.45) is 0.210. The van der Waals surface area contributed by atoms with E-state index in [2.05, 4.69) is 4.98 Å². The summed E-state index contributed by atoms with van der Waals surface area (Å²) in [7, 11) is 0. The number of nitrogens with one attached hydrogen (secondary N) is 1. The van der Waals surface area contributed by atoms with E-state index in [1.807, 2.05) is 24.3 Å². The van der Waals surface area contributed by atoms with Crippen LogP contribution in [0.3, 0.4) is 0 Å². The Morgan fingerprint density at radius 3 is 2.34 bits per heavy atom. The Balaban J connectivity index is 1.37. The maximum absolute atomic E-state index is 12.7. The van der Waals surface area contributed by atoms with Crippen molar-refractivity contribution in [3.05, 3.63) is 70.1 Å². The van der Waals surface area contributed by atoms with E-state index in [9.17, 15) is 24.3 Å². The first kappa shape index (κ1) is 20.0. The number of carboxylic acid groups (broad SMARTS) is 1. The zero-order chi connectivity index (χ0) is 22.4. The summed E-state index contributed by atoms with van der Waals surface area (Å²) < 4.78 is 1.70. The van der Waals surface area contributed by atoms with Crippen LogP contribution in [0.15, 0.2) is 53.3 Å². The topological polar surface area (TPSA) is 116 Å². The number of H-pyrrole nitrogens is 1. The van der Waals surface area contributed by atoms with Crippen molar-refractivity contribution in [1.82, 2.24) is 19.4 Å². The van der Waals surface area contributed by atoms with Gasteiger partial charge in [0.1, 0.15) is 0 Å². The van der Waals surface area contributed by atoms with E-state index < -0.39 is 12.1 Å². The summed E-state index contributed by atoms with van der Waals surface area (Å²) in [6.45, 7) is 0.398. The lowest BCUT2D eigenvalue weighted by Gasteiger charge is -2.38. The number of nitrogens with zero attached hydrogens (tertiary/aromatic N) is 3. The van der Waals surface area contributed by atoms with Gasteiger partial charge < -0.3 is 15.0 Å². The molecule has 32 heavy (non-hydrogen) atoms. The predicted octanol–water partition coefficient (Wildman–Crippen LogP) is 2.70. The fraction of sp³-hybridized carbons (Fsp3) is 0.304. The molecule has 3 amide bonds. The minimum absolute atomic E-state index is 0.121. The number of amides is 3. The second-order valence-corrected chi connectivity index (χ2v) is 8.22. The number of carbonyl (C=O) groups excluding carboxylic acids is 2. The number of hydrogen-bond donors (Lipinski definition) is 2. The van der Waals surface area contributed by atoms with Gasteiger partial charge in [-0.3, -0.25) is 19.1 Å². The molecule has 2 atom stereocenters. The molecule has 5 rings (SSSR count). The van der Waals surface area contributed by atoms with Crippen LogP contribution >= 0.6 is 0 Å². The summed E-state index contributed by atoms with van der Waals surface area (Å²) in [5.41, 5.74) is 2.05. The Hall–Kier alpha value is -3.88. The Morgan fingerprint density at radius 2 is 1.66 bits per heavy atom. The molecule has 1 saturated heterocycles. The molecule has 3 heterocycles. The van der Waals surface area contributed by atoms with E-state index in [4.69, 9.17) is 0 Å². The van der Waals surface area contributed by atoms with Crippen LogP contribution in [0.4, 0.5) is 4.79 Å². The van der Waals surface area contributed by atoms with E-state index in [1.165, 1.54) is 9.80 Å². The predicted molar refractivity (Wildman–Crippen MR) is 116 cm³/mol. The molecule has 0 spiro atoms. The van der Waals surface area contributed by atoms with Crippen LogP contribution in [0, 0.1) is 0 Å². The van der Waals surface area contributed by atoms with Crippen LogP contribution < -0.4 is 5.69 Å². The second kappa shape index (κ2) is 7.67. The van der Waals surface area contributed by atoms with E-state index in [1.54, 1.807) is 28.8 Å². The molecule has 2 N–H and O–H groups in total. The van der Waals surface area contributed by atoms with Crippen LogP contribution in [0.2, 0.25) is 0 Å². The van der Waals surface area contributed by atoms with Crippen LogP contribution in [0.1, 0.15) is 46.0 Å². The molecule has 164 valence electrons. The molecule has 9 heteroatoms. The van der Waals surface area contributed by atoms with Gasteiger partial charge in [-0.05, 0) is 43.5 Å². The van der Waals surface area contributed by atoms with E-state index in [0.717, 1.165) is 11.0 Å². The molecule has 0 saturated carbocycles. The number of benzene rings is 2. The number of rotatable bonds is 4. The summed E-state index contributed by atoms with van der Waals surface area (Å²) in [4.78, 5) is 55.2. The number of para-hydroxylation sites is 2. The number of carbonyl (C=O) groups is 3. The molecule has 0 bridgehead atoms. The first-order valence-corrected chi connectivity index (χ1v) is 10.6. The fourth-order valence-corrected chi connectivity index (χ4v) is 4.95. The molecular formula is C23H22N4O5. The molecule has 2 unspecified atom stereocenters. The van der Waals surface area contributed by atoms with Gasteiger partial charge in [0.05, 0.1) is 22.2 Å². The second-order valence-electron chi connectivity index (χ2n) is 8.22. The number of imidazole rings is 1. The normalized spacial score (nSPS) is 20.8. The quantitative estimate of drug-likeness (QED) is 0.613. The number of hydrogen-bond acceptors (Lipinski definition) is 4. The van der Waals surface area contributed by atoms with Crippen molar-refractivity contribution in [3.63, 3.8) is 0 Å². The van der Waals surface area contributed by atoms with E-state index >= 15 is 0 Å². The van der Waals surface area contributed by atoms with Crippen molar-refractivity contribution in [2.24, 2.45) is 0 Å². The molecule has 2 aromatic carbocycles. The van der Waals surface area contributed by atoms with Crippen LogP contribution in [0.25, 0.3) is 11.0 Å². The van der Waals surface area contributed by atoms with Gasteiger partial charge >= 0.3 is 11.8 Å². The first-order chi connectivity index (χ1) is 15.5. The average Bonchev–Trinajstić information content (AvgIpc) is 3.25. The molecule has 1 aromatic heterocycles. The maximum Gasteiger partial charge on any atom is 0.407 e. The number of piperidine rings is 1. The van der Waals surface area contributed by atoms with Gasteiger partial charge in [-0.25, -0.2) is 9.59 Å². The van der Waals surface area contributed by atoms with Crippen LogP contribution in [0.5, 0.6) is 0 Å². The minimum Gasteiger partial charge on any atom is -0.465 e. The van der Waals surface area contributed by atoms with Crippen LogP contribution in [-0.4, -0.2) is 61.5 Å². The summed E-state index contributed by atoms with van der Waals surface area (Å²) in [5, 5.41) is 9.69. The van der Waals surface area contributed by atoms with Crippen molar-refractivity contribution in [2.45, 2.75) is 31.3 Å². The third-order valence-corrected chi connectivity index (χ3v) is 6.49. The summed E-state index contributed by atoms with van der Waals surface area (Å²) in [5.74, 6) is -0.708. The molecule has 9 nitrogen and oxygen atoms in total. The highest BCUT2D eigenvalue weighted by atomic mass is 16.4. The van der Waals surface area contributed by atoms with Crippen molar-refractivity contribution in [3.8, 4) is 0 Å². The van der Waals surface area contributed by atoms with Gasteiger partial charge in [0.2, 0.25) is 0 Å². The third kappa shape index (κ3) is 3.17. The lowest BCUT2D eigenvalue weighted by atomic mass is 9.94. The van der Waals surface area contributed by atoms with Gasteiger partial charge in [0, 0.05) is 25.2 Å². The maximum atomic E-state index is 12.7. The monoisotopic (exact) mass is 434 g/mol. The summed E-state index contributed by atoms with van der Waals surface area (Å²) in [6, 6.07) is 13.5. The molecule has 1 fully saturated rings. The molecule has 0 radical (unpaired) electrons. The molecule has 3 aromatic rings. The van der Waals surface area contributed by atoms with Crippen molar-refractivity contribution in [1.29, 1.82) is 0 Å². The number of aromatic nitrogens is 2. The van der Waals surface area contributed by atoms with Crippen LogP contribution in [-0.2, 0) is 0 Å². The lowest BCUT2D eigenvalue weighted by Crippen LogP contribution is -2.48. The molecule has 0 aliphatic carbocycles. The van der Waals surface area contributed by atoms with Gasteiger partial charge in [-0.2, -0.15) is 0 Å². The Morgan fingerprint density at radius 1 is 1.00 bits per heavy atom. The standard InChI is InChI=1S/C23H22N4O5/c28-20-16-5-1-2-6-17(16)21(29)26(20)12-9-14-13-15(10-11-25(14)23(31)32)27-19-8-4-3-7-18(19)24-22(27)30/h1-8,14-15H,9-13H2,(H,24,30)(H,31,32). The SMILES string of the molecule is O=C1c2ccccc2C(=O)N1CCC1CC(n2c(=O)[nH]c3ccccc32)CCN1C(=O)O. The number of likely N-dealkylation sites (tertiary alicyclic amines) is 1. The number of aromatic amines is 1. The van der Waals surface area contributed by atoms with Gasteiger partial charge in [-0.15, -0.1) is 0 Å². The van der Waals surface area contributed by atoms with Gasteiger partial charge in [0.15, 0.2) is 0 Å². The fourth-order valence-electron chi connectivity index (χ4n) is 4.95. The molecule has 2 aliphatic rings. The third-order valence-electron chi connectivity index (χ3n) is 6.49. The van der Waals surface area contributed by atoms with Crippen molar-refractivity contribution >= 4 is 28.9 Å². The zero-order valence-corrected chi connectivity index (χ0v) is 17.2. The Labute approximate surface area is 182 Å². The Bertz CT molecular complexity index is 1260. The van der Waals surface area contributed by atoms with Crippen molar-refractivity contribution in [2.75, 3.05) is 13.1 Å². The largest absolute Gasteiger partial charge is 0.465 e. The van der Waals surface area contributed by atoms with Gasteiger partial charge in [0.25, 0.3) is 11.8 Å². The van der Waals surface area contributed by atoms with E-state index in [0.29, 0.717) is 30.4 Å². The highest BCUT2D eigenvalue weighted by Crippen LogP contribution is 2.31. The van der Waals surface area contributed by atoms with E-state index in [-0.39, 0.29) is 36.6 Å². The zero-order valence-electron chi connectivity index (χ0n) is 17.2. The van der Waals surface area contributed by atoms with Crippen molar-refractivity contribution < 1.29 is 19.5 Å². The summed E-state index contributed by atoms with van der Waals surface area (Å²) >= 11 is 0. The molecule has 2 aliphatic heterocycles. The first-order valence-electron chi connectivity index (χ1n) is 10.6. The average molecular weight is 434 g/mol. The highest BCUT2D eigenvalue weighted by Gasteiger charge is 2.38. The Kier molecular flexibility index (Phi) is 4.80. The number of imide groups is 1. The molecular weight excluding hydrogens is 412 g/mol. The minimum atomic E-state index is -1.04. The number of fused-ring (bicyclic) bond motifs is 2.